The van der Waals surface area contributed by atoms with Gasteiger partial charge in [-0.1, -0.05) is 26.7 Å². The summed E-state index contributed by atoms with van der Waals surface area (Å²) >= 11 is 0. The second kappa shape index (κ2) is 9.70. The smallest absolute Gasteiger partial charge is 0.0897 e. The Kier molecular flexibility index (Phi) is 8.62. The minimum Gasteiger partial charge on any atom is -0.389 e. The summed E-state index contributed by atoms with van der Waals surface area (Å²) < 4.78 is 5.42. The normalized spacial score (nSPS) is 18.6. The summed E-state index contributed by atoms with van der Waals surface area (Å²) in [6, 6.07) is 0.779. The molecular formula is C15H32N2O2. The van der Waals surface area contributed by atoms with Crippen molar-refractivity contribution < 1.29 is 9.84 Å². The van der Waals surface area contributed by atoms with Crippen LogP contribution in [0.3, 0.4) is 0 Å². The lowest BCUT2D eigenvalue weighted by Crippen LogP contribution is -2.38. The summed E-state index contributed by atoms with van der Waals surface area (Å²) in [5, 5.41) is 13.0. The van der Waals surface area contributed by atoms with E-state index >= 15 is 0 Å². The summed E-state index contributed by atoms with van der Waals surface area (Å²) in [5.41, 5.74) is 0. The fourth-order valence-corrected chi connectivity index (χ4v) is 2.55. The highest BCUT2D eigenvalue weighted by Gasteiger charge is 2.18. The zero-order chi connectivity index (χ0) is 14.1. The van der Waals surface area contributed by atoms with Gasteiger partial charge in [0.25, 0.3) is 0 Å². The Morgan fingerprint density at radius 2 is 1.95 bits per heavy atom. The van der Waals surface area contributed by atoms with Gasteiger partial charge in [0.2, 0.25) is 0 Å². The van der Waals surface area contributed by atoms with Gasteiger partial charge in [-0.2, -0.15) is 0 Å². The van der Waals surface area contributed by atoms with Crippen LogP contribution in [0.5, 0.6) is 0 Å². The first-order valence-corrected chi connectivity index (χ1v) is 7.76. The van der Waals surface area contributed by atoms with Crippen molar-refractivity contribution in [2.75, 3.05) is 39.9 Å². The van der Waals surface area contributed by atoms with Crippen molar-refractivity contribution in [3.8, 4) is 0 Å². The summed E-state index contributed by atoms with van der Waals surface area (Å²) in [7, 11) is 2.21. The number of likely N-dealkylation sites (N-methyl/N-ethyl adjacent to an activating group) is 1. The highest BCUT2D eigenvalue weighted by molar-refractivity contribution is 4.75. The number of nitrogens with zero attached hydrogens (tertiary/aromatic N) is 1. The maximum absolute atomic E-state index is 9.74. The van der Waals surface area contributed by atoms with Gasteiger partial charge in [0.15, 0.2) is 0 Å². The van der Waals surface area contributed by atoms with E-state index in [-0.39, 0.29) is 0 Å². The van der Waals surface area contributed by atoms with Gasteiger partial charge in [-0.3, -0.25) is 0 Å². The number of nitrogens with one attached hydrogen (secondary N) is 1. The van der Waals surface area contributed by atoms with E-state index in [0.717, 1.165) is 25.7 Å². The molecule has 4 nitrogen and oxygen atoms in total. The molecule has 1 fully saturated rings. The summed E-state index contributed by atoms with van der Waals surface area (Å²) in [5.74, 6) is 0.528. The van der Waals surface area contributed by atoms with Crippen molar-refractivity contribution in [1.29, 1.82) is 0 Å². The molecule has 0 aliphatic heterocycles. The van der Waals surface area contributed by atoms with Crippen LogP contribution >= 0.6 is 0 Å². The van der Waals surface area contributed by atoms with Crippen molar-refractivity contribution in [3.63, 3.8) is 0 Å². The summed E-state index contributed by atoms with van der Waals surface area (Å²) in [4.78, 5) is 2.45. The number of ether oxygens (including phenoxy) is 1. The van der Waals surface area contributed by atoms with Gasteiger partial charge in [-0.25, -0.2) is 0 Å². The van der Waals surface area contributed by atoms with E-state index in [1.807, 2.05) is 0 Å². The Hall–Kier alpha value is -0.160. The fourth-order valence-electron chi connectivity index (χ4n) is 2.55. The van der Waals surface area contributed by atoms with Crippen LogP contribution in [0.1, 0.15) is 39.5 Å². The summed E-state index contributed by atoms with van der Waals surface area (Å²) in [6.45, 7) is 8.01. The highest BCUT2D eigenvalue weighted by Crippen LogP contribution is 2.21. The lowest BCUT2D eigenvalue weighted by molar-refractivity contribution is 0.0260. The minimum absolute atomic E-state index is 0.393. The van der Waals surface area contributed by atoms with Gasteiger partial charge >= 0.3 is 0 Å². The molecule has 1 saturated carbocycles. The van der Waals surface area contributed by atoms with Crippen LogP contribution in [0.15, 0.2) is 0 Å². The molecule has 1 aliphatic rings. The minimum atomic E-state index is -0.393. The molecule has 0 aromatic heterocycles. The first-order valence-electron chi connectivity index (χ1n) is 7.76. The molecule has 0 saturated heterocycles. The van der Waals surface area contributed by atoms with E-state index in [9.17, 15) is 5.11 Å². The predicted octanol–water partition coefficient (Wildman–Crippen LogP) is 1.48. The van der Waals surface area contributed by atoms with Gasteiger partial charge in [0, 0.05) is 32.3 Å². The Morgan fingerprint density at radius 1 is 1.26 bits per heavy atom. The molecule has 0 heterocycles. The second-order valence-corrected chi connectivity index (χ2v) is 6.21. The highest BCUT2D eigenvalue weighted by atomic mass is 16.5. The molecule has 19 heavy (non-hydrogen) atoms. The average molecular weight is 272 g/mol. The Labute approximate surface area is 118 Å². The zero-order valence-corrected chi connectivity index (χ0v) is 12.9. The monoisotopic (exact) mass is 272 g/mol. The molecule has 1 rings (SSSR count). The largest absolute Gasteiger partial charge is 0.389 e. The molecule has 2 N–H and O–H groups in total. The SMILES string of the molecule is CC(C)COCC(O)CNCCN(C)C1CCCC1. The van der Waals surface area contributed by atoms with Crippen LogP contribution in [-0.2, 0) is 4.74 Å². The third-order valence-electron chi connectivity index (χ3n) is 3.73. The van der Waals surface area contributed by atoms with E-state index in [1.165, 1.54) is 25.7 Å². The number of hydrogen-bond acceptors (Lipinski definition) is 4. The third-order valence-corrected chi connectivity index (χ3v) is 3.73. The molecule has 114 valence electrons. The molecular weight excluding hydrogens is 240 g/mol. The van der Waals surface area contributed by atoms with Crippen molar-refractivity contribution in [2.45, 2.75) is 51.7 Å². The van der Waals surface area contributed by atoms with Gasteiger partial charge in [-0.05, 0) is 25.8 Å². The molecule has 0 bridgehead atoms. The maximum Gasteiger partial charge on any atom is 0.0897 e. The van der Waals surface area contributed by atoms with E-state index < -0.39 is 6.10 Å². The molecule has 1 atom stereocenters. The third kappa shape index (κ3) is 7.88. The number of aliphatic hydroxyl groups excluding tert-OH is 1. The van der Waals surface area contributed by atoms with E-state index in [1.54, 1.807) is 0 Å². The quantitative estimate of drug-likeness (QED) is 0.591. The molecule has 0 amide bonds. The van der Waals surface area contributed by atoms with Crippen molar-refractivity contribution in [2.24, 2.45) is 5.92 Å². The maximum atomic E-state index is 9.74. The topological polar surface area (TPSA) is 44.7 Å². The van der Waals surface area contributed by atoms with Gasteiger partial charge in [-0.15, -0.1) is 0 Å². The number of rotatable bonds is 10. The average Bonchev–Trinajstić information content (AvgIpc) is 2.87. The van der Waals surface area contributed by atoms with Crippen LogP contribution in [0.4, 0.5) is 0 Å². The first kappa shape index (κ1) is 16.9. The van der Waals surface area contributed by atoms with Gasteiger partial charge < -0.3 is 20.1 Å². The van der Waals surface area contributed by atoms with E-state index in [4.69, 9.17) is 4.74 Å². The molecule has 0 aromatic carbocycles. The number of hydrogen-bond donors (Lipinski definition) is 2. The molecule has 0 spiro atoms. The van der Waals surface area contributed by atoms with Crippen LogP contribution in [0.25, 0.3) is 0 Å². The van der Waals surface area contributed by atoms with Gasteiger partial charge in [0.05, 0.1) is 12.7 Å². The van der Waals surface area contributed by atoms with Crippen molar-refractivity contribution in [3.05, 3.63) is 0 Å². The van der Waals surface area contributed by atoms with Crippen LogP contribution in [0, 0.1) is 5.92 Å². The van der Waals surface area contributed by atoms with E-state index in [2.05, 4.69) is 31.1 Å². The first-order chi connectivity index (χ1) is 9.09. The van der Waals surface area contributed by atoms with Crippen LogP contribution < -0.4 is 5.32 Å². The van der Waals surface area contributed by atoms with Crippen molar-refractivity contribution in [1.82, 2.24) is 10.2 Å². The predicted molar refractivity (Wildman–Crippen MR) is 79.4 cm³/mol. The Balaban J connectivity index is 1.94. The lowest BCUT2D eigenvalue weighted by atomic mass is 10.2. The van der Waals surface area contributed by atoms with Crippen LogP contribution in [0.2, 0.25) is 0 Å². The number of aliphatic hydroxyl groups is 1. The van der Waals surface area contributed by atoms with E-state index in [0.29, 0.717) is 19.1 Å². The molecule has 0 radical (unpaired) electrons. The summed E-state index contributed by atoms with van der Waals surface area (Å²) in [6.07, 6.45) is 5.07. The lowest BCUT2D eigenvalue weighted by Gasteiger charge is -2.24. The second-order valence-electron chi connectivity index (χ2n) is 6.21. The van der Waals surface area contributed by atoms with Crippen molar-refractivity contribution >= 4 is 0 Å². The fraction of sp³-hybridized carbons (Fsp3) is 1.00. The molecule has 1 unspecified atom stereocenters. The van der Waals surface area contributed by atoms with Gasteiger partial charge in [0.1, 0.15) is 0 Å². The van der Waals surface area contributed by atoms with Crippen LogP contribution in [-0.4, -0.2) is 62.0 Å². The zero-order valence-electron chi connectivity index (χ0n) is 12.9. The standard InChI is InChI=1S/C15H32N2O2/c1-13(2)11-19-12-15(18)10-16-8-9-17(3)14-6-4-5-7-14/h13-16,18H,4-12H2,1-3H3. The molecule has 4 heteroatoms. The molecule has 1 aliphatic carbocycles. The Morgan fingerprint density at radius 3 is 2.58 bits per heavy atom. The molecule has 0 aromatic rings. The Bertz CT molecular complexity index is 218.